The van der Waals surface area contributed by atoms with E-state index in [4.69, 9.17) is 9.84 Å². The van der Waals surface area contributed by atoms with Crippen molar-refractivity contribution in [2.45, 2.75) is 39.8 Å². The molecule has 86 valence electrons. The van der Waals surface area contributed by atoms with Gasteiger partial charge in [0.25, 0.3) is 0 Å². The fraction of sp³-hybridized carbons (Fsp3) is 0.800. The highest BCUT2D eigenvalue weighted by atomic mass is 16.5. The van der Waals surface area contributed by atoms with Crippen LogP contribution in [0.2, 0.25) is 0 Å². The Morgan fingerprint density at radius 3 is 2.53 bits per heavy atom. The molecule has 5 heteroatoms. The maximum Gasteiger partial charge on any atom is 0.158 e. The zero-order chi connectivity index (χ0) is 11.1. The predicted octanol–water partition coefficient (Wildman–Crippen LogP) is 0.759. The molecule has 0 unspecified atom stereocenters. The van der Waals surface area contributed by atoms with Gasteiger partial charge in [-0.25, -0.2) is 0 Å². The number of hydrogen-bond donors (Lipinski definition) is 1. The van der Waals surface area contributed by atoms with Crippen LogP contribution in [0.1, 0.15) is 31.9 Å². The molecule has 5 nitrogen and oxygen atoms in total. The summed E-state index contributed by atoms with van der Waals surface area (Å²) in [6, 6.07) is 0. The summed E-state index contributed by atoms with van der Waals surface area (Å²) in [6.07, 6.45) is 1.78. The van der Waals surface area contributed by atoms with Crippen LogP contribution in [0, 0.1) is 0 Å². The Hall–Kier alpha value is -0.940. The SMILES string of the molecule is CCCOCCc1nnc(CO)n1CC. The normalized spacial score (nSPS) is 10.9. The van der Waals surface area contributed by atoms with Crippen LogP contribution >= 0.6 is 0 Å². The predicted molar refractivity (Wildman–Crippen MR) is 56.4 cm³/mol. The van der Waals surface area contributed by atoms with Crippen molar-refractivity contribution in [3.63, 3.8) is 0 Å². The summed E-state index contributed by atoms with van der Waals surface area (Å²) in [5, 5.41) is 17.0. The van der Waals surface area contributed by atoms with Crippen LogP contribution in [-0.4, -0.2) is 33.1 Å². The van der Waals surface area contributed by atoms with Crippen LogP contribution in [0.15, 0.2) is 0 Å². The van der Waals surface area contributed by atoms with E-state index in [1.165, 1.54) is 0 Å². The van der Waals surface area contributed by atoms with Crippen LogP contribution in [0.4, 0.5) is 0 Å². The topological polar surface area (TPSA) is 60.2 Å². The monoisotopic (exact) mass is 213 g/mol. The summed E-state index contributed by atoms with van der Waals surface area (Å²) in [5.41, 5.74) is 0. The van der Waals surface area contributed by atoms with Gasteiger partial charge in [-0.1, -0.05) is 6.92 Å². The van der Waals surface area contributed by atoms with E-state index in [9.17, 15) is 0 Å². The van der Waals surface area contributed by atoms with Crippen LogP contribution < -0.4 is 0 Å². The maximum absolute atomic E-state index is 9.02. The molecule has 1 heterocycles. The Balaban J connectivity index is 2.49. The number of ether oxygens (including phenoxy) is 1. The van der Waals surface area contributed by atoms with Gasteiger partial charge in [0, 0.05) is 19.6 Å². The molecular weight excluding hydrogens is 194 g/mol. The summed E-state index contributed by atoms with van der Waals surface area (Å²) in [5.74, 6) is 1.51. The first-order valence-corrected chi connectivity index (χ1v) is 5.43. The van der Waals surface area contributed by atoms with E-state index in [0.29, 0.717) is 12.4 Å². The molecule has 0 atom stereocenters. The molecule has 0 amide bonds. The minimum absolute atomic E-state index is 0.0589. The fourth-order valence-corrected chi connectivity index (χ4v) is 1.45. The smallest absolute Gasteiger partial charge is 0.158 e. The van der Waals surface area contributed by atoms with Crippen molar-refractivity contribution in [3.05, 3.63) is 11.6 Å². The molecule has 0 saturated heterocycles. The second kappa shape index (κ2) is 6.53. The molecule has 1 aromatic heterocycles. The highest BCUT2D eigenvalue weighted by Crippen LogP contribution is 2.03. The third kappa shape index (κ3) is 3.28. The minimum atomic E-state index is -0.0589. The molecule has 0 saturated carbocycles. The van der Waals surface area contributed by atoms with E-state index in [1.807, 2.05) is 11.5 Å². The Labute approximate surface area is 90.1 Å². The number of nitrogens with zero attached hydrogens (tertiary/aromatic N) is 3. The van der Waals surface area contributed by atoms with Crippen molar-refractivity contribution in [1.29, 1.82) is 0 Å². The van der Waals surface area contributed by atoms with E-state index in [-0.39, 0.29) is 6.61 Å². The van der Waals surface area contributed by atoms with Gasteiger partial charge in [0.1, 0.15) is 12.4 Å². The lowest BCUT2D eigenvalue weighted by molar-refractivity contribution is 0.136. The van der Waals surface area contributed by atoms with Crippen molar-refractivity contribution in [1.82, 2.24) is 14.8 Å². The molecule has 0 aromatic carbocycles. The zero-order valence-corrected chi connectivity index (χ0v) is 9.44. The number of aromatic nitrogens is 3. The Morgan fingerprint density at radius 2 is 1.93 bits per heavy atom. The van der Waals surface area contributed by atoms with Crippen LogP contribution in [0.25, 0.3) is 0 Å². The van der Waals surface area contributed by atoms with Crippen LogP contribution in [-0.2, 0) is 24.3 Å². The molecule has 0 spiro atoms. The zero-order valence-electron chi connectivity index (χ0n) is 9.44. The minimum Gasteiger partial charge on any atom is -0.388 e. The Bertz CT molecular complexity index is 286. The average molecular weight is 213 g/mol. The lowest BCUT2D eigenvalue weighted by atomic mass is 10.4. The van der Waals surface area contributed by atoms with Crippen LogP contribution in [0.3, 0.4) is 0 Å². The van der Waals surface area contributed by atoms with E-state index in [0.717, 1.165) is 31.8 Å². The van der Waals surface area contributed by atoms with Gasteiger partial charge in [-0.15, -0.1) is 10.2 Å². The molecule has 1 aromatic rings. The van der Waals surface area contributed by atoms with Crippen molar-refractivity contribution < 1.29 is 9.84 Å². The van der Waals surface area contributed by atoms with Crippen molar-refractivity contribution in [2.24, 2.45) is 0 Å². The Kier molecular flexibility index (Phi) is 5.28. The molecule has 1 N–H and O–H groups in total. The highest BCUT2D eigenvalue weighted by Gasteiger charge is 2.08. The first-order chi connectivity index (χ1) is 7.33. The second-order valence-electron chi connectivity index (χ2n) is 3.30. The fourth-order valence-electron chi connectivity index (χ4n) is 1.45. The van der Waals surface area contributed by atoms with Gasteiger partial charge in [0.05, 0.1) is 6.61 Å². The largest absolute Gasteiger partial charge is 0.388 e. The molecule has 0 aliphatic rings. The number of aliphatic hydroxyl groups excluding tert-OH is 1. The van der Waals surface area contributed by atoms with Crippen molar-refractivity contribution in [3.8, 4) is 0 Å². The van der Waals surface area contributed by atoms with E-state index < -0.39 is 0 Å². The summed E-state index contributed by atoms with van der Waals surface area (Å²) >= 11 is 0. The van der Waals surface area contributed by atoms with Crippen molar-refractivity contribution >= 4 is 0 Å². The third-order valence-electron chi connectivity index (χ3n) is 2.18. The number of hydrogen-bond acceptors (Lipinski definition) is 4. The second-order valence-corrected chi connectivity index (χ2v) is 3.30. The molecular formula is C10H19N3O2. The maximum atomic E-state index is 9.02. The van der Waals surface area contributed by atoms with Crippen LogP contribution in [0.5, 0.6) is 0 Å². The third-order valence-corrected chi connectivity index (χ3v) is 2.18. The number of rotatable bonds is 7. The quantitative estimate of drug-likeness (QED) is 0.679. The highest BCUT2D eigenvalue weighted by molar-refractivity contribution is 4.94. The first kappa shape index (κ1) is 12.1. The lowest BCUT2D eigenvalue weighted by Crippen LogP contribution is -2.09. The standard InChI is InChI=1S/C10H19N3O2/c1-3-6-15-7-5-9-11-12-10(8-14)13(9)4-2/h14H,3-8H2,1-2H3. The first-order valence-electron chi connectivity index (χ1n) is 5.43. The Morgan fingerprint density at radius 1 is 1.20 bits per heavy atom. The summed E-state index contributed by atoms with van der Waals surface area (Å²) in [6.45, 7) is 6.27. The molecule has 0 radical (unpaired) electrons. The van der Waals surface area contributed by atoms with Gasteiger partial charge >= 0.3 is 0 Å². The molecule has 15 heavy (non-hydrogen) atoms. The molecule has 0 aliphatic carbocycles. The van der Waals surface area contributed by atoms with Gasteiger partial charge in [0.2, 0.25) is 0 Å². The summed E-state index contributed by atoms with van der Waals surface area (Å²) < 4.78 is 7.31. The van der Waals surface area contributed by atoms with Gasteiger partial charge in [-0.05, 0) is 13.3 Å². The van der Waals surface area contributed by atoms with E-state index in [1.54, 1.807) is 0 Å². The molecule has 1 rings (SSSR count). The number of aliphatic hydroxyl groups is 1. The molecule has 0 fully saturated rings. The van der Waals surface area contributed by atoms with Gasteiger partial charge in [-0.2, -0.15) is 0 Å². The average Bonchev–Trinajstić information content (AvgIpc) is 2.66. The van der Waals surface area contributed by atoms with E-state index in [2.05, 4.69) is 17.1 Å². The van der Waals surface area contributed by atoms with Gasteiger partial charge in [0.15, 0.2) is 5.82 Å². The van der Waals surface area contributed by atoms with E-state index >= 15 is 0 Å². The lowest BCUT2D eigenvalue weighted by Gasteiger charge is -2.06. The summed E-state index contributed by atoms with van der Waals surface area (Å²) in [7, 11) is 0. The van der Waals surface area contributed by atoms with Gasteiger partial charge in [-0.3, -0.25) is 0 Å². The van der Waals surface area contributed by atoms with Gasteiger partial charge < -0.3 is 14.4 Å². The summed E-state index contributed by atoms with van der Waals surface area (Å²) in [4.78, 5) is 0. The molecule has 0 bridgehead atoms. The molecule has 0 aliphatic heterocycles. The van der Waals surface area contributed by atoms with Crippen molar-refractivity contribution in [2.75, 3.05) is 13.2 Å².